The summed E-state index contributed by atoms with van der Waals surface area (Å²) >= 11 is 5.78. The van der Waals surface area contributed by atoms with Crippen molar-refractivity contribution in [1.29, 1.82) is 0 Å². The second-order valence-electron chi connectivity index (χ2n) is 2.36. The molecule has 0 amide bonds. The molecule has 0 saturated heterocycles. The molecule has 0 aromatic carbocycles. The highest BCUT2D eigenvalue weighted by molar-refractivity contribution is 6.31. The van der Waals surface area contributed by atoms with Gasteiger partial charge in [-0.3, -0.25) is 4.98 Å². The fraction of sp³-hybridized carbons (Fsp3) is 0.143. The normalized spacial score (nSPS) is 10.7. The molecule has 2 heterocycles. The van der Waals surface area contributed by atoms with Crippen LogP contribution in [0.5, 0.6) is 0 Å². The lowest BCUT2D eigenvalue weighted by molar-refractivity contribution is 1.15. The van der Waals surface area contributed by atoms with Crippen molar-refractivity contribution in [2.75, 3.05) is 0 Å². The maximum absolute atomic E-state index is 5.78. The molecule has 0 aromatic heterocycles. The minimum absolute atomic E-state index is 0.451. The quantitative estimate of drug-likeness (QED) is 0.609. The molecule has 56 valence electrons. The van der Waals surface area contributed by atoms with Crippen LogP contribution < -0.4 is 0 Å². The lowest BCUT2D eigenvalue weighted by atomic mass is 10.2. The van der Waals surface area contributed by atoms with Crippen molar-refractivity contribution in [3.63, 3.8) is 0 Å². The number of rotatable bonds is 0. The standard InChI is InChI=1S/C7H6ClN3/c1-4-2-9-6-5(4)10-3-11-7(6)8/h2-3H,1H3,(H,10,11). The maximum atomic E-state index is 5.78. The van der Waals surface area contributed by atoms with Crippen LogP contribution in [0.1, 0.15) is 5.56 Å². The summed E-state index contributed by atoms with van der Waals surface area (Å²) in [6.07, 6.45) is 3.34. The predicted octanol–water partition coefficient (Wildman–Crippen LogP) is 1.87. The predicted molar refractivity (Wildman–Crippen MR) is 42.8 cm³/mol. The molecule has 1 N–H and O–H groups in total. The zero-order valence-corrected chi connectivity index (χ0v) is 6.68. The van der Waals surface area contributed by atoms with Crippen LogP contribution in [-0.2, 0) is 0 Å². The van der Waals surface area contributed by atoms with E-state index in [1.165, 1.54) is 0 Å². The van der Waals surface area contributed by atoms with Crippen molar-refractivity contribution < 1.29 is 0 Å². The van der Waals surface area contributed by atoms with E-state index in [9.17, 15) is 0 Å². The first-order valence-corrected chi connectivity index (χ1v) is 3.61. The zero-order valence-electron chi connectivity index (χ0n) is 5.93. The Morgan fingerprint density at radius 1 is 1.45 bits per heavy atom. The molecule has 2 aliphatic heterocycles. The van der Waals surface area contributed by atoms with E-state index in [0.717, 1.165) is 17.0 Å². The number of fused-ring (bicyclic) bond motifs is 1. The Morgan fingerprint density at radius 3 is 3.00 bits per heavy atom. The summed E-state index contributed by atoms with van der Waals surface area (Å²) in [5.41, 5.74) is 2.79. The number of aryl methyl sites for hydroxylation is 1. The number of hydrogen-bond acceptors (Lipinski definition) is 2. The van der Waals surface area contributed by atoms with E-state index < -0.39 is 0 Å². The number of hydrogen-bond donors (Lipinski definition) is 1. The Morgan fingerprint density at radius 2 is 2.27 bits per heavy atom. The molecular formula is C7H6ClN3. The molecule has 0 radical (unpaired) electrons. The Labute approximate surface area is 68.8 Å². The average molecular weight is 168 g/mol. The molecule has 0 unspecified atom stereocenters. The first-order valence-electron chi connectivity index (χ1n) is 3.23. The molecular weight excluding hydrogens is 162 g/mol. The van der Waals surface area contributed by atoms with Crippen molar-refractivity contribution in [2.24, 2.45) is 0 Å². The van der Waals surface area contributed by atoms with E-state index >= 15 is 0 Å². The van der Waals surface area contributed by atoms with E-state index in [4.69, 9.17) is 11.6 Å². The smallest absolute Gasteiger partial charge is 0.158 e. The van der Waals surface area contributed by atoms with Gasteiger partial charge in [0.1, 0.15) is 5.69 Å². The molecule has 11 heavy (non-hydrogen) atoms. The Bertz CT molecular complexity index is 355. The van der Waals surface area contributed by atoms with Gasteiger partial charge in [0.05, 0.1) is 12.0 Å². The summed E-state index contributed by atoms with van der Waals surface area (Å²) in [6.45, 7) is 1.97. The number of aromatic nitrogens is 3. The average Bonchev–Trinajstić information content (AvgIpc) is 2.35. The van der Waals surface area contributed by atoms with Crippen LogP contribution in [0, 0.1) is 6.92 Å². The van der Waals surface area contributed by atoms with E-state index in [2.05, 4.69) is 15.0 Å². The molecule has 0 bridgehead atoms. The highest BCUT2D eigenvalue weighted by Crippen LogP contribution is 2.26. The van der Waals surface area contributed by atoms with Gasteiger partial charge >= 0.3 is 0 Å². The molecule has 4 heteroatoms. The van der Waals surface area contributed by atoms with Crippen molar-refractivity contribution in [2.45, 2.75) is 6.92 Å². The molecule has 3 nitrogen and oxygen atoms in total. The van der Waals surface area contributed by atoms with Gasteiger partial charge in [-0.2, -0.15) is 0 Å². The van der Waals surface area contributed by atoms with Crippen molar-refractivity contribution in [1.82, 2.24) is 15.0 Å². The zero-order chi connectivity index (χ0) is 7.84. The Balaban J connectivity index is 2.79. The highest BCUT2D eigenvalue weighted by atomic mass is 35.5. The fourth-order valence-electron chi connectivity index (χ4n) is 1.03. The van der Waals surface area contributed by atoms with E-state index in [1.807, 2.05) is 6.92 Å². The van der Waals surface area contributed by atoms with Gasteiger partial charge in [0.15, 0.2) is 5.15 Å². The van der Waals surface area contributed by atoms with Crippen LogP contribution in [0.4, 0.5) is 0 Å². The van der Waals surface area contributed by atoms with Crippen LogP contribution in [0.2, 0.25) is 5.15 Å². The number of nitrogens with zero attached hydrogens (tertiary/aromatic N) is 2. The molecule has 0 aromatic rings. The third-order valence-electron chi connectivity index (χ3n) is 1.60. The summed E-state index contributed by atoms with van der Waals surface area (Å²) in [7, 11) is 0. The minimum atomic E-state index is 0.451. The van der Waals surface area contributed by atoms with Gasteiger partial charge in [-0.1, -0.05) is 11.6 Å². The number of H-pyrrole nitrogens is 1. The fourth-order valence-corrected chi connectivity index (χ4v) is 1.22. The molecule has 0 atom stereocenters. The minimum Gasteiger partial charge on any atom is -0.344 e. The van der Waals surface area contributed by atoms with Gasteiger partial charge in [-0.05, 0) is 12.5 Å². The van der Waals surface area contributed by atoms with E-state index in [1.54, 1.807) is 12.5 Å². The van der Waals surface area contributed by atoms with Gasteiger partial charge in [0, 0.05) is 6.20 Å². The van der Waals surface area contributed by atoms with Crippen LogP contribution in [0.15, 0.2) is 12.5 Å². The third-order valence-corrected chi connectivity index (χ3v) is 1.88. The lowest BCUT2D eigenvalue weighted by Crippen LogP contribution is -1.87. The number of nitrogens with one attached hydrogen (secondary N) is 1. The monoisotopic (exact) mass is 167 g/mol. The van der Waals surface area contributed by atoms with Crippen molar-refractivity contribution in [3.05, 3.63) is 23.2 Å². The Hall–Kier alpha value is -1.09. The first-order chi connectivity index (χ1) is 5.29. The largest absolute Gasteiger partial charge is 0.344 e. The lowest BCUT2D eigenvalue weighted by Gasteiger charge is -1.98. The molecule has 0 spiro atoms. The van der Waals surface area contributed by atoms with Crippen molar-refractivity contribution >= 4 is 11.6 Å². The van der Waals surface area contributed by atoms with Crippen LogP contribution in [0.25, 0.3) is 11.4 Å². The van der Waals surface area contributed by atoms with Gasteiger partial charge < -0.3 is 4.98 Å². The topological polar surface area (TPSA) is 41.6 Å². The molecule has 0 saturated carbocycles. The molecule has 2 rings (SSSR count). The summed E-state index contributed by atoms with van der Waals surface area (Å²) in [5.74, 6) is 0. The maximum Gasteiger partial charge on any atom is 0.158 e. The highest BCUT2D eigenvalue weighted by Gasteiger charge is 2.11. The second-order valence-corrected chi connectivity index (χ2v) is 2.72. The number of halogens is 1. The van der Waals surface area contributed by atoms with Gasteiger partial charge in [0.2, 0.25) is 0 Å². The molecule has 0 aliphatic carbocycles. The third kappa shape index (κ3) is 0.886. The van der Waals surface area contributed by atoms with E-state index in [-0.39, 0.29) is 0 Å². The van der Waals surface area contributed by atoms with Gasteiger partial charge in [0.25, 0.3) is 0 Å². The van der Waals surface area contributed by atoms with E-state index in [0.29, 0.717) is 5.15 Å². The molecule has 0 fully saturated rings. The van der Waals surface area contributed by atoms with Crippen molar-refractivity contribution in [3.8, 4) is 11.4 Å². The summed E-state index contributed by atoms with van der Waals surface area (Å²) in [5, 5.41) is 0.451. The van der Waals surface area contributed by atoms with Gasteiger partial charge in [-0.15, -0.1) is 0 Å². The molecule has 2 aliphatic rings. The first kappa shape index (κ1) is 6.61. The van der Waals surface area contributed by atoms with Crippen LogP contribution in [0.3, 0.4) is 0 Å². The summed E-state index contributed by atoms with van der Waals surface area (Å²) in [6, 6.07) is 0. The summed E-state index contributed by atoms with van der Waals surface area (Å²) < 4.78 is 0. The van der Waals surface area contributed by atoms with Crippen LogP contribution >= 0.6 is 11.6 Å². The summed E-state index contributed by atoms with van der Waals surface area (Å²) in [4.78, 5) is 10.9. The Kier molecular flexibility index (Phi) is 1.32. The number of aromatic amines is 1. The SMILES string of the molecule is Cc1cnc2c(Cl)nc[nH]c1-2. The van der Waals surface area contributed by atoms with Crippen LogP contribution in [-0.4, -0.2) is 15.0 Å². The van der Waals surface area contributed by atoms with Gasteiger partial charge in [-0.25, -0.2) is 4.98 Å². The second kappa shape index (κ2) is 2.20.